The molecule has 13 heavy (non-hydrogen) atoms. The van der Waals surface area contributed by atoms with Crippen molar-refractivity contribution in [3.05, 3.63) is 39.5 Å². The zero-order valence-corrected chi connectivity index (χ0v) is 9.08. The van der Waals surface area contributed by atoms with E-state index < -0.39 is 0 Å². The summed E-state index contributed by atoms with van der Waals surface area (Å²) in [6.07, 6.45) is 8.39. The Kier molecular flexibility index (Phi) is 2.63. The largest absolute Gasteiger partial charge is 0.120 e. The van der Waals surface area contributed by atoms with Gasteiger partial charge in [-0.15, -0.1) is 11.8 Å². The van der Waals surface area contributed by atoms with Crippen LogP contribution in [-0.4, -0.2) is 0 Å². The van der Waals surface area contributed by atoms with Gasteiger partial charge in [0.05, 0.1) is 5.75 Å². The van der Waals surface area contributed by atoms with Gasteiger partial charge in [0.25, 0.3) is 0 Å². The Hall–Kier alpha value is -0.430. The average Bonchev–Trinajstić information content (AvgIpc) is 2.67. The number of fused-ring (bicyclic) bond motifs is 1. The van der Waals surface area contributed by atoms with Gasteiger partial charge >= 0.3 is 0 Å². The van der Waals surface area contributed by atoms with Crippen molar-refractivity contribution in [2.24, 2.45) is 0 Å². The van der Waals surface area contributed by atoms with E-state index in [9.17, 15) is 0 Å². The highest BCUT2D eigenvalue weighted by molar-refractivity contribution is 8.05. The third-order valence-electron chi connectivity index (χ3n) is 2.59. The van der Waals surface area contributed by atoms with Gasteiger partial charge in [-0.3, -0.25) is 0 Å². The lowest BCUT2D eigenvalue weighted by Crippen LogP contribution is -1.87. The maximum Gasteiger partial charge on any atom is 0.0510 e. The summed E-state index contributed by atoms with van der Waals surface area (Å²) in [5.41, 5.74) is 4.52. The molecule has 2 rings (SSSR count). The highest BCUT2D eigenvalue weighted by atomic mass is 32.2. The third kappa shape index (κ3) is 1.62. The third-order valence-corrected chi connectivity index (χ3v) is 3.52. The van der Waals surface area contributed by atoms with Crippen LogP contribution in [0.2, 0.25) is 0 Å². The number of unbranched alkanes of at least 4 members (excludes halogenated alkanes) is 1. The molecule has 1 radical (unpaired) electrons. The second-order valence-corrected chi connectivity index (χ2v) is 4.67. The molecule has 0 bridgehead atoms. The number of hydrogen-bond donors (Lipinski definition) is 0. The van der Waals surface area contributed by atoms with Gasteiger partial charge in [0.2, 0.25) is 0 Å². The molecule has 0 atom stereocenters. The summed E-state index contributed by atoms with van der Waals surface area (Å²) < 4.78 is 0. The molecule has 1 heteroatoms. The van der Waals surface area contributed by atoms with Gasteiger partial charge in [0, 0.05) is 0 Å². The minimum absolute atomic E-state index is 1.25. The molecule has 0 spiro atoms. The number of rotatable bonds is 3. The van der Waals surface area contributed by atoms with E-state index in [1.54, 1.807) is 5.57 Å². The Bertz CT molecular complexity index is 305. The van der Waals surface area contributed by atoms with Crippen LogP contribution in [-0.2, 0) is 0 Å². The predicted octanol–water partition coefficient (Wildman–Crippen LogP) is 4.23. The Morgan fingerprint density at radius 3 is 2.92 bits per heavy atom. The maximum atomic E-state index is 2.29. The van der Waals surface area contributed by atoms with Gasteiger partial charge < -0.3 is 0 Å². The first-order valence-electron chi connectivity index (χ1n) is 4.95. The average molecular weight is 191 g/mol. The molecule has 0 aromatic heterocycles. The summed E-state index contributed by atoms with van der Waals surface area (Å²) in [5, 5.41) is 0. The van der Waals surface area contributed by atoms with Gasteiger partial charge in [-0.2, -0.15) is 0 Å². The molecule has 0 fully saturated rings. The van der Waals surface area contributed by atoms with Crippen molar-refractivity contribution in [2.75, 3.05) is 0 Å². The summed E-state index contributed by atoms with van der Waals surface area (Å²) in [5.74, 6) is 2.26. The normalized spacial score (nSPS) is 20.5. The second kappa shape index (κ2) is 3.75. The monoisotopic (exact) mass is 191 g/mol. The van der Waals surface area contributed by atoms with Gasteiger partial charge in [-0.25, -0.2) is 0 Å². The van der Waals surface area contributed by atoms with E-state index in [0.717, 1.165) is 0 Å². The number of hydrogen-bond acceptors (Lipinski definition) is 1. The lowest BCUT2D eigenvalue weighted by molar-refractivity contribution is 0.794. The Morgan fingerprint density at radius 2 is 2.15 bits per heavy atom. The molecule has 1 heterocycles. The molecular weight excluding hydrogens is 176 g/mol. The molecule has 2 aliphatic rings. The fourth-order valence-electron chi connectivity index (χ4n) is 1.86. The Balaban J connectivity index is 2.13. The van der Waals surface area contributed by atoms with E-state index >= 15 is 0 Å². The zero-order valence-electron chi connectivity index (χ0n) is 8.26. The summed E-state index contributed by atoms with van der Waals surface area (Å²) >= 11 is 1.87. The highest BCUT2D eigenvalue weighted by Crippen LogP contribution is 2.46. The van der Waals surface area contributed by atoms with Crippen LogP contribution in [0.25, 0.3) is 0 Å². The number of thioether (sulfide) groups is 1. The SMILES string of the molecule is CCCCC1=CC=C2[CH]SC(C)=C21. The molecular formula is C12H15S. The maximum absolute atomic E-state index is 2.29. The molecule has 0 unspecified atom stereocenters. The van der Waals surface area contributed by atoms with Crippen LogP contribution < -0.4 is 0 Å². The smallest absolute Gasteiger partial charge is 0.0510 e. The quantitative estimate of drug-likeness (QED) is 0.643. The van der Waals surface area contributed by atoms with Crippen LogP contribution in [0.4, 0.5) is 0 Å². The molecule has 0 nitrogen and oxygen atoms in total. The van der Waals surface area contributed by atoms with Crippen molar-refractivity contribution in [1.29, 1.82) is 0 Å². The molecule has 0 N–H and O–H groups in total. The summed E-state index contributed by atoms with van der Waals surface area (Å²) in [4.78, 5) is 1.48. The van der Waals surface area contributed by atoms with Crippen molar-refractivity contribution >= 4 is 11.8 Å². The van der Waals surface area contributed by atoms with E-state index in [1.165, 1.54) is 35.3 Å². The highest BCUT2D eigenvalue weighted by Gasteiger charge is 2.23. The molecule has 69 valence electrons. The molecule has 1 aliphatic carbocycles. The van der Waals surface area contributed by atoms with Crippen LogP contribution in [0.3, 0.4) is 0 Å². The Labute approximate surface area is 84.8 Å². The summed E-state index contributed by atoms with van der Waals surface area (Å²) in [7, 11) is 0. The first-order chi connectivity index (χ1) is 6.33. The van der Waals surface area contributed by atoms with Gasteiger partial charge in [0.1, 0.15) is 0 Å². The molecule has 0 aromatic carbocycles. The van der Waals surface area contributed by atoms with Crippen molar-refractivity contribution in [3.8, 4) is 0 Å². The summed E-state index contributed by atoms with van der Waals surface area (Å²) in [6.45, 7) is 4.48. The minimum atomic E-state index is 1.25. The first kappa shape index (κ1) is 9.14. The second-order valence-electron chi connectivity index (χ2n) is 3.58. The standard InChI is InChI=1S/C12H15S/c1-3-4-5-10-6-7-11-8-13-9(2)12(10)11/h6-8H,3-5H2,1-2H3. The van der Waals surface area contributed by atoms with E-state index in [0.29, 0.717) is 0 Å². The minimum Gasteiger partial charge on any atom is -0.120 e. The fourth-order valence-corrected chi connectivity index (χ4v) is 2.72. The van der Waals surface area contributed by atoms with E-state index in [4.69, 9.17) is 0 Å². The van der Waals surface area contributed by atoms with E-state index in [1.807, 2.05) is 11.8 Å². The topological polar surface area (TPSA) is 0 Å². The lowest BCUT2D eigenvalue weighted by atomic mass is 10.00. The van der Waals surface area contributed by atoms with Crippen LogP contribution >= 0.6 is 11.8 Å². The lowest BCUT2D eigenvalue weighted by Gasteiger charge is -2.05. The first-order valence-corrected chi connectivity index (χ1v) is 5.83. The molecule has 0 saturated heterocycles. The molecule has 0 saturated carbocycles. The fraction of sp³-hybridized carbons (Fsp3) is 0.417. The van der Waals surface area contributed by atoms with Gasteiger partial charge in [-0.05, 0) is 41.4 Å². The van der Waals surface area contributed by atoms with Crippen molar-refractivity contribution in [1.82, 2.24) is 0 Å². The van der Waals surface area contributed by atoms with Crippen LogP contribution in [0.1, 0.15) is 33.1 Å². The van der Waals surface area contributed by atoms with Crippen molar-refractivity contribution in [3.63, 3.8) is 0 Å². The van der Waals surface area contributed by atoms with E-state index in [-0.39, 0.29) is 0 Å². The molecule has 1 aliphatic heterocycles. The number of allylic oxidation sites excluding steroid dienone is 5. The zero-order chi connectivity index (χ0) is 9.26. The molecule has 0 amide bonds. The Morgan fingerprint density at radius 1 is 1.31 bits per heavy atom. The van der Waals surface area contributed by atoms with Crippen molar-refractivity contribution < 1.29 is 0 Å². The van der Waals surface area contributed by atoms with Gasteiger partial charge in [-0.1, -0.05) is 25.5 Å². The van der Waals surface area contributed by atoms with Gasteiger partial charge in [0.15, 0.2) is 0 Å². The van der Waals surface area contributed by atoms with Crippen LogP contribution in [0.5, 0.6) is 0 Å². The van der Waals surface area contributed by atoms with Crippen LogP contribution in [0.15, 0.2) is 33.8 Å². The molecule has 0 aromatic rings. The van der Waals surface area contributed by atoms with Crippen LogP contribution in [0, 0.1) is 5.75 Å². The van der Waals surface area contributed by atoms with Crippen molar-refractivity contribution in [2.45, 2.75) is 33.1 Å². The summed E-state index contributed by atoms with van der Waals surface area (Å²) in [6, 6.07) is 0. The van der Waals surface area contributed by atoms with E-state index in [2.05, 4.69) is 31.8 Å². The predicted molar refractivity (Wildman–Crippen MR) is 60.3 cm³/mol.